The molecule has 1 aromatic heterocycles. The first kappa shape index (κ1) is 16.6. The fourth-order valence-electron chi connectivity index (χ4n) is 2.38. The van der Waals surface area contributed by atoms with Crippen LogP contribution >= 0.6 is 23.2 Å². The maximum Gasteiger partial charge on any atom is 0.259 e. The van der Waals surface area contributed by atoms with Gasteiger partial charge >= 0.3 is 0 Å². The predicted octanol–water partition coefficient (Wildman–Crippen LogP) is 6.12. The van der Waals surface area contributed by atoms with E-state index in [-0.39, 0.29) is 5.91 Å². The van der Waals surface area contributed by atoms with Gasteiger partial charge in [0.25, 0.3) is 5.91 Å². The molecule has 5 heteroatoms. The fourth-order valence-corrected chi connectivity index (χ4v) is 2.63. The molecule has 0 saturated heterocycles. The summed E-state index contributed by atoms with van der Waals surface area (Å²) in [6.07, 6.45) is 0. The number of nitrogens with one attached hydrogen (secondary N) is 1. The molecule has 0 fully saturated rings. The minimum atomic E-state index is -0.224. The molecule has 0 unspecified atom stereocenters. The number of hydrogen-bond acceptors (Lipinski definition) is 2. The van der Waals surface area contributed by atoms with Crippen LogP contribution in [0.25, 0.3) is 11.3 Å². The van der Waals surface area contributed by atoms with Crippen LogP contribution in [0.4, 0.5) is 5.69 Å². The Morgan fingerprint density at radius 1 is 1.00 bits per heavy atom. The van der Waals surface area contributed by atoms with Gasteiger partial charge in [0.15, 0.2) is 0 Å². The third kappa shape index (κ3) is 3.48. The zero-order valence-corrected chi connectivity index (χ0v) is 14.7. The monoisotopic (exact) mass is 359 g/mol. The molecule has 0 spiro atoms. The second-order valence-corrected chi connectivity index (χ2v) is 6.35. The van der Waals surface area contributed by atoms with Crippen molar-refractivity contribution in [2.75, 3.05) is 5.32 Å². The summed E-state index contributed by atoms with van der Waals surface area (Å²) < 4.78 is 5.72. The predicted molar refractivity (Wildman–Crippen MR) is 98.0 cm³/mol. The highest BCUT2D eigenvalue weighted by atomic mass is 35.5. The summed E-state index contributed by atoms with van der Waals surface area (Å²) in [7, 11) is 0. The average Bonchev–Trinajstić information content (AvgIpc) is 2.93. The highest BCUT2D eigenvalue weighted by Crippen LogP contribution is 2.27. The summed E-state index contributed by atoms with van der Waals surface area (Å²) in [5.41, 5.74) is 2.95. The number of furan rings is 1. The zero-order chi connectivity index (χ0) is 17.3. The van der Waals surface area contributed by atoms with Gasteiger partial charge in [0.05, 0.1) is 5.56 Å². The fraction of sp³-hybridized carbons (Fsp3) is 0.105. The van der Waals surface area contributed by atoms with Crippen LogP contribution in [0.15, 0.2) is 52.9 Å². The second kappa shape index (κ2) is 6.71. The van der Waals surface area contributed by atoms with Gasteiger partial charge in [-0.3, -0.25) is 4.79 Å². The van der Waals surface area contributed by atoms with Crippen molar-refractivity contribution < 1.29 is 9.21 Å². The van der Waals surface area contributed by atoms with Gasteiger partial charge in [0, 0.05) is 21.3 Å². The van der Waals surface area contributed by atoms with Crippen LogP contribution in [-0.2, 0) is 0 Å². The Hall–Kier alpha value is -2.23. The number of hydrogen-bond donors (Lipinski definition) is 1. The van der Waals surface area contributed by atoms with Crippen molar-refractivity contribution in [2.24, 2.45) is 0 Å². The van der Waals surface area contributed by atoms with Gasteiger partial charge in [0.2, 0.25) is 0 Å². The van der Waals surface area contributed by atoms with Gasteiger partial charge in [-0.05, 0) is 67.9 Å². The van der Waals surface area contributed by atoms with Crippen molar-refractivity contribution in [3.05, 3.63) is 75.5 Å². The van der Waals surface area contributed by atoms with E-state index in [1.807, 2.05) is 25.1 Å². The molecule has 24 heavy (non-hydrogen) atoms. The summed E-state index contributed by atoms with van der Waals surface area (Å²) in [4.78, 5) is 12.5. The quantitative estimate of drug-likeness (QED) is 0.611. The molecule has 0 saturated carbocycles. The van der Waals surface area contributed by atoms with E-state index in [4.69, 9.17) is 27.6 Å². The van der Waals surface area contributed by atoms with Gasteiger partial charge < -0.3 is 9.73 Å². The van der Waals surface area contributed by atoms with Crippen LogP contribution in [0, 0.1) is 13.8 Å². The van der Waals surface area contributed by atoms with E-state index in [2.05, 4.69) is 5.32 Å². The zero-order valence-electron chi connectivity index (χ0n) is 13.2. The smallest absolute Gasteiger partial charge is 0.259 e. The summed E-state index contributed by atoms with van der Waals surface area (Å²) >= 11 is 11.9. The third-order valence-electron chi connectivity index (χ3n) is 3.71. The van der Waals surface area contributed by atoms with Gasteiger partial charge in [-0.15, -0.1) is 0 Å². The topological polar surface area (TPSA) is 42.2 Å². The standard InChI is InChI=1S/C19H15Cl2NO2/c1-11-9-15(7-8-17(11)21)22-19(23)16-10-18(24-12(16)2)13-3-5-14(20)6-4-13/h3-10H,1-2H3,(H,22,23). The van der Waals surface area contributed by atoms with Crippen molar-refractivity contribution in [1.29, 1.82) is 0 Å². The van der Waals surface area contributed by atoms with Gasteiger partial charge in [0.1, 0.15) is 11.5 Å². The van der Waals surface area contributed by atoms with Gasteiger partial charge in [-0.1, -0.05) is 23.2 Å². The van der Waals surface area contributed by atoms with Crippen molar-refractivity contribution >= 4 is 34.8 Å². The highest BCUT2D eigenvalue weighted by molar-refractivity contribution is 6.31. The van der Waals surface area contributed by atoms with Gasteiger partial charge in [-0.25, -0.2) is 0 Å². The number of amides is 1. The Balaban J connectivity index is 1.85. The molecule has 1 N–H and O–H groups in total. The Morgan fingerprint density at radius 2 is 1.71 bits per heavy atom. The first-order valence-electron chi connectivity index (χ1n) is 7.38. The summed E-state index contributed by atoms with van der Waals surface area (Å²) in [6.45, 7) is 3.65. The molecule has 0 bridgehead atoms. The van der Waals surface area contributed by atoms with E-state index in [1.165, 1.54) is 0 Å². The Labute approximate surface area is 150 Å². The van der Waals surface area contributed by atoms with Crippen LogP contribution < -0.4 is 5.32 Å². The summed E-state index contributed by atoms with van der Waals surface area (Å²) in [6, 6.07) is 14.4. The summed E-state index contributed by atoms with van der Waals surface area (Å²) in [5.74, 6) is 0.961. The second-order valence-electron chi connectivity index (χ2n) is 5.51. The van der Waals surface area contributed by atoms with E-state index in [0.717, 1.165) is 11.1 Å². The van der Waals surface area contributed by atoms with E-state index in [9.17, 15) is 4.79 Å². The molecular formula is C19H15Cl2NO2. The molecule has 1 heterocycles. The van der Waals surface area contributed by atoms with Crippen LogP contribution in [0.2, 0.25) is 10.0 Å². The van der Waals surface area contributed by atoms with E-state index >= 15 is 0 Å². The molecular weight excluding hydrogens is 345 g/mol. The lowest BCUT2D eigenvalue weighted by atomic mass is 10.1. The lowest BCUT2D eigenvalue weighted by Gasteiger charge is -2.06. The first-order valence-corrected chi connectivity index (χ1v) is 8.13. The molecule has 3 nitrogen and oxygen atoms in total. The van der Waals surface area contributed by atoms with E-state index in [0.29, 0.717) is 32.8 Å². The minimum Gasteiger partial charge on any atom is -0.461 e. The number of rotatable bonds is 3. The van der Waals surface area contributed by atoms with Crippen molar-refractivity contribution in [1.82, 2.24) is 0 Å². The molecule has 0 aliphatic rings. The van der Waals surface area contributed by atoms with E-state index in [1.54, 1.807) is 37.3 Å². The number of halogens is 2. The SMILES string of the molecule is Cc1cc(NC(=O)c2cc(-c3ccc(Cl)cc3)oc2C)ccc1Cl. The van der Waals surface area contributed by atoms with Crippen molar-refractivity contribution in [3.8, 4) is 11.3 Å². The molecule has 3 rings (SSSR count). The average molecular weight is 360 g/mol. The van der Waals surface area contributed by atoms with Gasteiger partial charge in [-0.2, -0.15) is 0 Å². The van der Waals surface area contributed by atoms with Crippen LogP contribution in [-0.4, -0.2) is 5.91 Å². The van der Waals surface area contributed by atoms with Crippen molar-refractivity contribution in [2.45, 2.75) is 13.8 Å². The lowest BCUT2D eigenvalue weighted by molar-refractivity contribution is 0.102. The van der Waals surface area contributed by atoms with Crippen LogP contribution in [0.3, 0.4) is 0 Å². The maximum atomic E-state index is 12.5. The number of anilines is 1. The molecule has 0 atom stereocenters. The number of carbonyl (C=O) groups excluding carboxylic acids is 1. The summed E-state index contributed by atoms with van der Waals surface area (Å²) in [5, 5.41) is 4.18. The molecule has 0 aliphatic carbocycles. The highest BCUT2D eigenvalue weighted by Gasteiger charge is 2.16. The normalized spacial score (nSPS) is 10.7. The largest absolute Gasteiger partial charge is 0.461 e. The van der Waals surface area contributed by atoms with Crippen LogP contribution in [0.5, 0.6) is 0 Å². The van der Waals surface area contributed by atoms with Crippen LogP contribution in [0.1, 0.15) is 21.7 Å². The van der Waals surface area contributed by atoms with E-state index < -0.39 is 0 Å². The number of carbonyl (C=O) groups is 1. The minimum absolute atomic E-state index is 0.224. The Morgan fingerprint density at radius 3 is 2.38 bits per heavy atom. The molecule has 122 valence electrons. The molecule has 1 amide bonds. The molecule has 3 aromatic rings. The Bertz CT molecular complexity index is 898. The Kier molecular flexibility index (Phi) is 4.65. The van der Waals surface area contributed by atoms with Crippen molar-refractivity contribution in [3.63, 3.8) is 0 Å². The number of aryl methyl sites for hydroxylation is 2. The molecule has 2 aromatic carbocycles. The number of benzene rings is 2. The molecule has 0 aliphatic heterocycles. The maximum absolute atomic E-state index is 12.5. The first-order chi connectivity index (χ1) is 11.4. The molecule has 0 radical (unpaired) electrons. The third-order valence-corrected chi connectivity index (χ3v) is 4.38. The lowest BCUT2D eigenvalue weighted by Crippen LogP contribution is -2.12.